The lowest BCUT2D eigenvalue weighted by Gasteiger charge is -2.16. The Kier molecular flexibility index (Phi) is 4.29. The Morgan fingerprint density at radius 2 is 1.84 bits per heavy atom. The first kappa shape index (κ1) is 14.5. The molecule has 0 aliphatic heterocycles. The highest BCUT2D eigenvalue weighted by molar-refractivity contribution is 9.10. The first-order valence-electron chi connectivity index (χ1n) is 5.80. The molecule has 2 aromatic rings. The predicted octanol–water partition coefficient (Wildman–Crippen LogP) is 4.94. The molecule has 0 aliphatic carbocycles. The smallest absolute Gasteiger partial charge is 0.142 e. The number of aliphatic hydroxyl groups is 1. The summed E-state index contributed by atoms with van der Waals surface area (Å²) in [6.07, 6.45) is -0.862. The third kappa shape index (κ3) is 2.99. The molecule has 2 aromatic carbocycles. The van der Waals surface area contributed by atoms with Crippen molar-refractivity contribution < 1.29 is 9.50 Å². The molecule has 4 heteroatoms. The maximum absolute atomic E-state index is 13.4. The Hall–Kier alpha value is -0.900. The standard InChI is InChI=1S/C15H13BrClFO/c1-8-6-12(16)9(2)5-11(8)15(19)10-3-4-13(17)14(18)7-10/h3-7,15,19H,1-2H3. The molecule has 1 unspecified atom stereocenters. The van der Waals surface area contributed by atoms with Gasteiger partial charge in [-0.2, -0.15) is 0 Å². The molecule has 0 aromatic heterocycles. The molecule has 1 atom stereocenters. The van der Waals surface area contributed by atoms with Crippen LogP contribution in [0, 0.1) is 19.7 Å². The molecule has 1 nitrogen and oxygen atoms in total. The van der Waals surface area contributed by atoms with E-state index in [9.17, 15) is 9.50 Å². The average Bonchev–Trinajstić information content (AvgIpc) is 2.36. The van der Waals surface area contributed by atoms with Crippen LogP contribution in [0.3, 0.4) is 0 Å². The largest absolute Gasteiger partial charge is 0.384 e. The second-order valence-corrected chi connectivity index (χ2v) is 5.80. The van der Waals surface area contributed by atoms with Gasteiger partial charge in [-0.15, -0.1) is 0 Å². The SMILES string of the molecule is Cc1cc(C(O)c2ccc(Cl)c(F)c2)c(C)cc1Br. The molecule has 0 saturated heterocycles. The lowest BCUT2D eigenvalue weighted by atomic mass is 9.96. The molecule has 0 amide bonds. The van der Waals surface area contributed by atoms with Gasteiger partial charge in [0, 0.05) is 4.47 Å². The van der Waals surface area contributed by atoms with E-state index in [1.54, 1.807) is 6.07 Å². The third-order valence-electron chi connectivity index (χ3n) is 3.10. The van der Waals surface area contributed by atoms with Crippen molar-refractivity contribution in [1.82, 2.24) is 0 Å². The molecule has 0 spiro atoms. The van der Waals surface area contributed by atoms with Gasteiger partial charge < -0.3 is 5.11 Å². The molecule has 0 heterocycles. The number of hydrogen-bond acceptors (Lipinski definition) is 1. The zero-order valence-corrected chi connectivity index (χ0v) is 12.9. The van der Waals surface area contributed by atoms with Crippen LogP contribution >= 0.6 is 27.5 Å². The Labute approximate surface area is 125 Å². The predicted molar refractivity (Wildman–Crippen MR) is 79.1 cm³/mol. The van der Waals surface area contributed by atoms with Gasteiger partial charge in [-0.3, -0.25) is 0 Å². The van der Waals surface area contributed by atoms with E-state index in [4.69, 9.17) is 11.6 Å². The summed E-state index contributed by atoms with van der Waals surface area (Å²) in [5.41, 5.74) is 3.23. The van der Waals surface area contributed by atoms with Gasteiger partial charge in [-0.25, -0.2) is 4.39 Å². The van der Waals surface area contributed by atoms with Gasteiger partial charge >= 0.3 is 0 Å². The van der Waals surface area contributed by atoms with Crippen LogP contribution in [0.1, 0.15) is 28.4 Å². The van der Waals surface area contributed by atoms with Crippen molar-refractivity contribution in [2.45, 2.75) is 20.0 Å². The van der Waals surface area contributed by atoms with E-state index in [0.29, 0.717) is 5.56 Å². The molecule has 0 bridgehead atoms. The van der Waals surface area contributed by atoms with Crippen LogP contribution in [0.25, 0.3) is 0 Å². The highest BCUT2D eigenvalue weighted by Gasteiger charge is 2.15. The summed E-state index contributed by atoms with van der Waals surface area (Å²) in [6, 6.07) is 8.20. The Morgan fingerprint density at radius 3 is 2.47 bits per heavy atom. The summed E-state index contributed by atoms with van der Waals surface area (Å²) in [4.78, 5) is 0. The van der Waals surface area contributed by atoms with Gasteiger partial charge in [0.2, 0.25) is 0 Å². The van der Waals surface area contributed by atoms with Crippen molar-refractivity contribution in [2.24, 2.45) is 0 Å². The normalized spacial score (nSPS) is 12.5. The summed E-state index contributed by atoms with van der Waals surface area (Å²) >= 11 is 9.09. The van der Waals surface area contributed by atoms with E-state index in [0.717, 1.165) is 21.2 Å². The van der Waals surface area contributed by atoms with E-state index in [1.807, 2.05) is 26.0 Å². The van der Waals surface area contributed by atoms with E-state index < -0.39 is 11.9 Å². The van der Waals surface area contributed by atoms with E-state index in [1.165, 1.54) is 12.1 Å². The van der Waals surface area contributed by atoms with Crippen molar-refractivity contribution in [3.63, 3.8) is 0 Å². The topological polar surface area (TPSA) is 20.2 Å². The Bertz CT molecular complexity index is 628. The number of aliphatic hydroxyl groups excluding tert-OH is 1. The Morgan fingerprint density at radius 1 is 1.16 bits per heavy atom. The van der Waals surface area contributed by atoms with Crippen LogP contribution in [-0.4, -0.2) is 5.11 Å². The molecule has 1 N–H and O–H groups in total. The van der Waals surface area contributed by atoms with Crippen LogP contribution in [0.4, 0.5) is 4.39 Å². The number of benzene rings is 2. The average molecular weight is 344 g/mol. The van der Waals surface area contributed by atoms with Gasteiger partial charge in [0.15, 0.2) is 0 Å². The number of hydrogen-bond donors (Lipinski definition) is 1. The summed E-state index contributed by atoms with van der Waals surface area (Å²) in [5, 5.41) is 10.4. The first-order valence-corrected chi connectivity index (χ1v) is 6.97. The van der Waals surface area contributed by atoms with Crippen molar-refractivity contribution in [3.05, 3.63) is 67.9 Å². The Balaban J connectivity index is 2.46. The minimum Gasteiger partial charge on any atom is -0.384 e. The quantitative estimate of drug-likeness (QED) is 0.819. The molecule has 0 saturated carbocycles. The zero-order valence-electron chi connectivity index (χ0n) is 10.5. The van der Waals surface area contributed by atoms with Crippen molar-refractivity contribution in [1.29, 1.82) is 0 Å². The number of aryl methyl sites for hydroxylation is 2. The molecular formula is C15H13BrClFO. The van der Waals surface area contributed by atoms with Crippen LogP contribution in [-0.2, 0) is 0 Å². The third-order valence-corrected chi connectivity index (χ3v) is 4.26. The lowest BCUT2D eigenvalue weighted by Crippen LogP contribution is -2.03. The van der Waals surface area contributed by atoms with Gasteiger partial charge in [-0.1, -0.05) is 39.7 Å². The van der Waals surface area contributed by atoms with E-state index >= 15 is 0 Å². The van der Waals surface area contributed by atoms with Gasteiger partial charge in [-0.05, 0) is 54.3 Å². The number of rotatable bonds is 2. The minimum absolute atomic E-state index is 0.0552. The van der Waals surface area contributed by atoms with Gasteiger partial charge in [0.05, 0.1) is 5.02 Å². The maximum atomic E-state index is 13.4. The van der Waals surface area contributed by atoms with E-state index in [2.05, 4.69) is 15.9 Å². The summed E-state index contributed by atoms with van der Waals surface area (Å²) < 4.78 is 14.4. The molecule has 2 rings (SSSR count). The molecule has 19 heavy (non-hydrogen) atoms. The lowest BCUT2D eigenvalue weighted by molar-refractivity contribution is 0.219. The fourth-order valence-electron chi connectivity index (χ4n) is 1.96. The maximum Gasteiger partial charge on any atom is 0.142 e. The van der Waals surface area contributed by atoms with Crippen molar-refractivity contribution in [2.75, 3.05) is 0 Å². The van der Waals surface area contributed by atoms with Crippen LogP contribution in [0.2, 0.25) is 5.02 Å². The highest BCUT2D eigenvalue weighted by atomic mass is 79.9. The summed E-state index contributed by atoms with van der Waals surface area (Å²) in [7, 11) is 0. The monoisotopic (exact) mass is 342 g/mol. The van der Waals surface area contributed by atoms with Crippen LogP contribution in [0.5, 0.6) is 0 Å². The fraction of sp³-hybridized carbons (Fsp3) is 0.200. The van der Waals surface area contributed by atoms with Gasteiger partial charge in [0.1, 0.15) is 11.9 Å². The second-order valence-electron chi connectivity index (χ2n) is 4.53. The highest BCUT2D eigenvalue weighted by Crippen LogP contribution is 2.30. The van der Waals surface area contributed by atoms with Gasteiger partial charge in [0.25, 0.3) is 0 Å². The van der Waals surface area contributed by atoms with E-state index in [-0.39, 0.29) is 5.02 Å². The van der Waals surface area contributed by atoms with Crippen molar-refractivity contribution >= 4 is 27.5 Å². The van der Waals surface area contributed by atoms with Crippen molar-refractivity contribution in [3.8, 4) is 0 Å². The molecule has 0 aliphatic rings. The molecular weight excluding hydrogens is 331 g/mol. The minimum atomic E-state index is -0.862. The number of halogens is 3. The van der Waals surface area contributed by atoms with Crippen LogP contribution in [0.15, 0.2) is 34.8 Å². The second kappa shape index (κ2) is 5.61. The molecule has 0 fully saturated rings. The fourth-order valence-corrected chi connectivity index (χ4v) is 2.54. The molecule has 0 radical (unpaired) electrons. The molecule has 100 valence electrons. The zero-order chi connectivity index (χ0) is 14.2. The summed E-state index contributed by atoms with van der Waals surface area (Å²) in [5.74, 6) is -0.523. The van der Waals surface area contributed by atoms with Crippen LogP contribution < -0.4 is 0 Å². The first-order chi connectivity index (χ1) is 8.90. The summed E-state index contributed by atoms with van der Waals surface area (Å²) in [6.45, 7) is 3.86.